The SMILES string of the molecule is CC(C)(CC1[C@@H](O)[C@@H](CCNC(N)O)O[C@H]1n1ccc(NC(=O)c2ccccc2)nc1=O)[Si](C)(C)O. The second kappa shape index (κ2) is 11.3. The highest BCUT2D eigenvalue weighted by molar-refractivity contribution is 6.72. The maximum atomic E-state index is 13.0. The first-order valence-corrected chi connectivity index (χ1v) is 14.9. The Labute approximate surface area is 211 Å². The number of aliphatic hydroxyl groups is 2. The van der Waals surface area contributed by atoms with Crippen LogP contribution in [0.1, 0.15) is 43.3 Å². The molecule has 1 aliphatic rings. The summed E-state index contributed by atoms with van der Waals surface area (Å²) in [5.74, 6) is -0.796. The zero-order valence-electron chi connectivity index (χ0n) is 21.1. The molecule has 1 aromatic carbocycles. The van der Waals surface area contributed by atoms with Crippen LogP contribution in [0.3, 0.4) is 0 Å². The molecular weight excluding hydrogens is 482 g/mol. The third-order valence-electron chi connectivity index (χ3n) is 7.07. The fourth-order valence-electron chi connectivity index (χ4n) is 4.20. The van der Waals surface area contributed by atoms with Gasteiger partial charge in [-0.2, -0.15) is 4.98 Å². The van der Waals surface area contributed by atoms with Gasteiger partial charge < -0.3 is 25.1 Å². The maximum Gasteiger partial charge on any atom is 0.351 e. The third-order valence-corrected chi connectivity index (χ3v) is 10.6. The van der Waals surface area contributed by atoms with E-state index in [1.165, 1.54) is 16.8 Å². The lowest BCUT2D eigenvalue weighted by Gasteiger charge is -2.38. The Morgan fingerprint density at radius 2 is 1.94 bits per heavy atom. The molecule has 11 nitrogen and oxygen atoms in total. The average molecular weight is 520 g/mol. The summed E-state index contributed by atoms with van der Waals surface area (Å²) in [6.45, 7) is 7.87. The van der Waals surface area contributed by atoms with Gasteiger partial charge in [0.1, 0.15) is 12.0 Å². The summed E-state index contributed by atoms with van der Waals surface area (Å²) in [7, 11) is -2.63. The van der Waals surface area contributed by atoms with E-state index in [2.05, 4.69) is 15.6 Å². The molecule has 0 aliphatic carbocycles. The van der Waals surface area contributed by atoms with Crippen molar-refractivity contribution in [2.24, 2.45) is 11.7 Å². The van der Waals surface area contributed by atoms with Crippen LogP contribution in [0.2, 0.25) is 18.1 Å². The first-order chi connectivity index (χ1) is 16.8. The number of aliphatic hydroxyl groups excluding tert-OH is 2. The van der Waals surface area contributed by atoms with Crippen LogP contribution >= 0.6 is 0 Å². The lowest BCUT2D eigenvalue weighted by molar-refractivity contribution is -0.0297. The second-order valence-corrected chi connectivity index (χ2v) is 14.8. The maximum absolute atomic E-state index is 13.0. The van der Waals surface area contributed by atoms with E-state index in [9.17, 15) is 24.6 Å². The minimum Gasteiger partial charge on any atom is -0.432 e. The number of amides is 1. The first kappa shape index (κ1) is 28.1. The summed E-state index contributed by atoms with van der Waals surface area (Å²) in [6.07, 6.45) is -1.34. The molecule has 0 saturated carbocycles. The second-order valence-electron chi connectivity index (χ2n) is 10.4. The van der Waals surface area contributed by atoms with Crippen molar-refractivity contribution in [3.8, 4) is 0 Å². The highest BCUT2D eigenvalue weighted by Gasteiger charge is 2.50. The Morgan fingerprint density at radius 1 is 1.28 bits per heavy atom. The number of hydrogen-bond donors (Lipinski definition) is 6. The third kappa shape index (κ3) is 6.65. The van der Waals surface area contributed by atoms with Gasteiger partial charge in [-0.1, -0.05) is 32.0 Å². The van der Waals surface area contributed by atoms with Gasteiger partial charge in [0.05, 0.1) is 12.2 Å². The van der Waals surface area contributed by atoms with E-state index in [4.69, 9.17) is 10.5 Å². The molecule has 0 radical (unpaired) electrons. The topological polar surface area (TPSA) is 172 Å². The van der Waals surface area contributed by atoms with Gasteiger partial charge in [0.25, 0.3) is 5.91 Å². The molecule has 2 heterocycles. The van der Waals surface area contributed by atoms with Crippen molar-refractivity contribution in [2.75, 3.05) is 11.9 Å². The molecule has 1 aliphatic heterocycles. The largest absolute Gasteiger partial charge is 0.432 e. The van der Waals surface area contributed by atoms with Crippen molar-refractivity contribution in [3.05, 3.63) is 58.6 Å². The zero-order chi connectivity index (χ0) is 26.7. The number of benzene rings is 1. The fourth-order valence-corrected chi connectivity index (χ4v) is 4.94. The van der Waals surface area contributed by atoms with E-state index in [1.54, 1.807) is 30.3 Å². The average Bonchev–Trinajstić information content (AvgIpc) is 3.08. The van der Waals surface area contributed by atoms with Gasteiger partial charge in [-0.25, -0.2) is 4.79 Å². The Bertz CT molecular complexity index is 1090. The molecule has 1 fully saturated rings. The number of nitrogens with zero attached hydrogens (tertiary/aromatic N) is 2. The quantitative estimate of drug-likeness (QED) is 0.197. The number of hydrogen-bond acceptors (Lipinski definition) is 9. The standard InChI is InChI=1S/C24H37N5O6Si/c1-24(2,36(3,4)34)14-16-19(30)17(10-12-26-22(25)32)35-21(16)29-13-11-18(28-23(29)33)27-20(31)15-8-6-5-7-9-15/h5-9,11,13,16-17,19,21-22,26,30,32,34H,10,12,14,25H2,1-4H3,(H,27,28,31,33)/t16?,17-,19-,21-,22?/m1/s1. The molecule has 5 atom stereocenters. The number of nitrogens with two attached hydrogens (primary N) is 1. The van der Waals surface area contributed by atoms with Crippen molar-refractivity contribution in [1.82, 2.24) is 14.9 Å². The highest BCUT2D eigenvalue weighted by Crippen LogP contribution is 2.48. The predicted molar refractivity (Wildman–Crippen MR) is 137 cm³/mol. The molecule has 3 rings (SSSR count). The van der Waals surface area contributed by atoms with Gasteiger partial charge in [-0.15, -0.1) is 0 Å². The van der Waals surface area contributed by atoms with Gasteiger partial charge >= 0.3 is 5.69 Å². The number of ether oxygens (including phenoxy) is 1. The van der Waals surface area contributed by atoms with Gasteiger partial charge in [0.2, 0.25) is 0 Å². The Balaban J connectivity index is 1.85. The van der Waals surface area contributed by atoms with E-state index < -0.39 is 55.7 Å². The molecule has 2 unspecified atom stereocenters. The summed E-state index contributed by atoms with van der Waals surface area (Å²) >= 11 is 0. The molecule has 0 spiro atoms. The zero-order valence-corrected chi connectivity index (χ0v) is 22.1. The van der Waals surface area contributed by atoms with Crippen molar-refractivity contribution in [2.45, 2.75) is 69.6 Å². The number of nitrogens with one attached hydrogen (secondary N) is 2. The van der Waals surface area contributed by atoms with Gasteiger partial charge in [-0.05, 0) is 49.2 Å². The molecular formula is C24H37N5O6Si. The van der Waals surface area contributed by atoms with E-state index in [-0.39, 0.29) is 5.82 Å². The van der Waals surface area contributed by atoms with Crippen molar-refractivity contribution in [1.29, 1.82) is 0 Å². The fraction of sp³-hybridized carbons (Fsp3) is 0.542. The Hall–Kier alpha value is -2.45. The molecule has 1 amide bonds. The molecule has 12 heteroatoms. The summed E-state index contributed by atoms with van der Waals surface area (Å²) in [6, 6.07) is 10.1. The number of rotatable bonds is 10. The summed E-state index contributed by atoms with van der Waals surface area (Å²) in [5, 5.41) is 25.2. The molecule has 1 saturated heterocycles. The molecule has 2 aromatic rings. The first-order valence-electron chi connectivity index (χ1n) is 12.0. The van der Waals surface area contributed by atoms with E-state index in [0.717, 1.165) is 0 Å². The summed E-state index contributed by atoms with van der Waals surface area (Å²) in [4.78, 5) is 40.3. The summed E-state index contributed by atoms with van der Waals surface area (Å²) < 4.78 is 7.45. The highest BCUT2D eigenvalue weighted by atomic mass is 28.4. The smallest absolute Gasteiger partial charge is 0.351 e. The van der Waals surface area contributed by atoms with Crippen LogP contribution in [0.4, 0.5) is 5.82 Å². The number of anilines is 1. The van der Waals surface area contributed by atoms with E-state index >= 15 is 0 Å². The van der Waals surface area contributed by atoms with Crippen molar-refractivity contribution in [3.63, 3.8) is 0 Å². The van der Waals surface area contributed by atoms with Crippen LogP contribution < -0.4 is 22.1 Å². The van der Waals surface area contributed by atoms with Crippen LogP contribution in [0.5, 0.6) is 0 Å². The van der Waals surface area contributed by atoms with Crippen LogP contribution in [-0.2, 0) is 4.74 Å². The Kier molecular flexibility index (Phi) is 8.83. The normalized spacial score (nSPS) is 23.4. The number of carbonyl (C=O) groups is 1. The summed E-state index contributed by atoms with van der Waals surface area (Å²) in [5.41, 5.74) is 5.12. The van der Waals surface area contributed by atoms with Gasteiger partial charge in [0.15, 0.2) is 14.7 Å². The molecule has 198 valence electrons. The minimum absolute atomic E-state index is 0.0992. The van der Waals surface area contributed by atoms with Crippen LogP contribution in [0, 0.1) is 5.92 Å². The van der Waals surface area contributed by atoms with Crippen molar-refractivity contribution >= 4 is 20.0 Å². The molecule has 36 heavy (non-hydrogen) atoms. The van der Waals surface area contributed by atoms with E-state index in [1.807, 2.05) is 26.9 Å². The lowest BCUT2D eigenvalue weighted by Crippen LogP contribution is -2.43. The van der Waals surface area contributed by atoms with Gasteiger partial charge in [-0.3, -0.25) is 20.4 Å². The van der Waals surface area contributed by atoms with Crippen LogP contribution in [-0.4, -0.2) is 63.9 Å². The molecule has 0 bridgehead atoms. The van der Waals surface area contributed by atoms with Crippen LogP contribution in [0.15, 0.2) is 47.4 Å². The molecule has 1 aromatic heterocycles. The number of carbonyl (C=O) groups excluding carboxylic acids is 1. The van der Waals surface area contributed by atoms with Gasteiger partial charge in [0, 0.05) is 24.2 Å². The number of aromatic nitrogens is 2. The Morgan fingerprint density at radius 3 is 2.53 bits per heavy atom. The van der Waals surface area contributed by atoms with Crippen LogP contribution in [0.25, 0.3) is 0 Å². The molecule has 7 N–H and O–H groups in total. The monoisotopic (exact) mass is 519 g/mol. The lowest BCUT2D eigenvalue weighted by atomic mass is 9.89. The predicted octanol–water partition coefficient (Wildman–Crippen LogP) is 0.952. The van der Waals surface area contributed by atoms with Crippen molar-refractivity contribution < 1.29 is 24.5 Å². The minimum atomic E-state index is -2.63. The van der Waals surface area contributed by atoms with E-state index in [0.29, 0.717) is 24.9 Å².